The van der Waals surface area contributed by atoms with E-state index in [0.717, 1.165) is 17.1 Å². The Kier molecular flexibility index (Phi) is 6.03. The van der Waals surface area contributed by atoms with Gasteiger partial charge < -0.3 is 0 Å². The Bertz CT molecular complexity index is 768. The molecule has 2 aromatic carbocycles. The Morgan fingerprint density at radius 2 is 1.58 bits per heavy atom. The van der Waals surface area contributed by atoms with E-state index < -0.39 is 0 Å². The molecule has 0 saturated heterocycles. The molecule has 0 N–H and O–H groups in total. The number of hydrogen-bond acceptors (Lipinski definition) is 3. The quantitative estimate of drug-likeness (QED) is 0.503. The summed E-state index contributed by atoms with van der Waals surface area (Å²) in [6, 6.07) is 17.4. The van der Waals surface area contributed by atoms with Crippen molar-refractivity contribution in [1.82, 2.24) is 20.2 Å². The smallest absolute Gasteiger partial charge is 0.104 e. The van der Waals surface area contributed by atoms with Crippen molar-refractivity contribution in [2.45, 2.75) is 39.5 Å². The van der Waals surface area contributed by atoms with Crippen LogP contribution in [-0.2, 0) is 20.1 Å². The van der Waals surface area contributed by atoms with Crippen molar-refractivity contribution in [3.63, 3.8) is 0 Å². The van der Waals surface area contributed by atoms with E-state index in [4.69, 9.17) is 0 Å². The van der Waals surface area contributed by atoms with Crippen LogP contribution in [0.2, 0.25) is 0 Å². The summed E-state index contributed by atoms with van der Waals surface area (Å²) in [6.45, 7) is 8.78. The first kappa shape index (κ1) is 18.5. The third-order valence-electron chi connectivity index (χ3n) is 3.97. The molecular formula is C19H21IrN4-. The summed E-state index contributed by atoms with van der Waals surface area (Å²) >= 11 is 0. The van der Waals surface area contributed by atoms with Gasteiger partial charge in [0.2, 0.25) is 0 Å². The largest absolute Gasteiger partial charge is 0.233 e. The molecule has 4 nitrogen and oxygen atoms in total. The Hall–Kier alpha value is -1.84. The van der Waals surface area contributed by atoms with Gasteiger partial charge >= 0.3 is 0 Å². The summed E-state index contributed by atoms with van der Waals surface area (Å²) in [6.07, 6.45) is 0. The van der Waals surface area contributed by atoms with Gasteiger partial charge in [0.1, 0.15) is 5.82 Å². The Labute approximate surface area is 156 Å². The number of hydrogen-bond donors (Lipinski definition) is 0. The number of benzene rings is 2. The van der Waals surface area contributed by atoms with E-state index in [1.165, 1.54) is 11.1 Å². The fourth-order valence-electron chi connectivity index (χ4n) is 2.79. The first-order valence-corrected chi connectivity index (χ1v) is 7.98. The second kappa shape index (κ2) is 7.82. The number of rotatable bonds is 4. The molecule has 0 aliphatic heterocycles. The minimum atomic E-state index is 0. The molecule has 0 bridgehead atoms. The van der Waals surface area contributed by atoms with Crippen LogP contribution in [0.3, 0.4) is 0 Å². The van der Waals surface area contributed by atoms with E-state index in [1.807, 2.05) is 28.9 Å². The van der Waals surface area contributed by atoms with Gasteiger partial charge in [-0.2, -0.15) is 5.10 Å². The van der Waals surface area contributed by atoms with Crippen molar-refractivity contribution >= 4 is 0 Å². The van der Waals surface area contributed by atoms with Crippen LogP contribution in [0.25, 0.3) is 17.1 Å². The Morgan fingerprint density at radius 1 is 0.917 bits per heavy atom. The Morgan fingerprint density at radius 3 is 2.12 bits per heavy atom. The normalized spacial score (nSPS) is 10.9. The van der Waals surface area contributed by atoms with E-state index in [-0.39, 0.29) is 20.1 Å². The van der Waals surface area contributed by atoms with Gasteiger partial charge in [-0.3, -0.25) is 0 Å². The zero-order valence-corrected chi connectivity index (χ0v) is 16.7. The SMILES string of the molecule is CC(C)c1cccc(C(C)C)c1-n1nnnc1-c1[c-]cccc1.[Ir]. The molecule has 1 aromatic heterocycles. The van der Waals surface area contributed by atoms with E-state index in [0.29, 0.717) is 11.8 Å². The first-order chi connectivity index (χ1) is 11.1. The zero-order valence-electron chi connectivity index (χ0n) is 14.3. The molecule has 0 saturated carbocycles. The molecule has 0 fully saturated rings. The molecule has 0 aliphatic carbocycles. The minimum absolute atomic E-state index is 0. The summed E-state index contributed by atoms with van der Waals surface area (Å²) in [5.74, 6) is 1.50. The number of aromatic nitrogens is 4. The fourth-order valence-corrected chi connectivity index (χ4v) is 2.79. The minimum Gasteiger partial charge on any atom is -0.233 e. The average molecular weight is 498 g/mol. The second-order valence-electron chi connectivity index (χ2n) is 6.29. The molecule has 0 amide bonds. The molecule has 1 heterocycles. The average Bonchev–Trinajstić information content (AvgIpc) is 3.04. The predicted octanol–water partition coefficient (Wildman–Crippen LogP) is 4.37. The van der Waals surface area contributed by atoms with Crippen LogP contribution in [0.4, 0.5) is 0 Å². The van der Waals surface area contributed by atoms with Crippen molar-refractivity contribution in [2.24, 2.45) is 0 Å². The summed E-state index contributed by atoms with van der Waals surface area (Å²) in [7, 11) is 0. The van der Waals surface area contributed by atoms with E-state index in [1.54, 1.807) is 0 Å². The second-order valence-corrected chi connectivity index (χ2v) is 6.29. The summed E-state index contributed by atoms with van der Waals surface area (Å²) in [5, 5.41) is 12.4. The molecule has 127 valence electrons. The zero-order chi connectivity index (χ0) is 16.4. The maximum Gasteiger partial charge on any atom is 0.104 e. The van der Waals surface area contributed by atoms with Gasteiger partial charge in [-0.05, 0) is 33.4 Å². The maximum absolute atomic E-state index is 4.28. The van der Waals surface area contributed by atoms with Gasteiger partial charge in [-0.1, -0.05) is 45.9 Å². The first-order valence-electron chi connectivity index (χ1n) is 7.98. The fraction of sp³-hybridized carbons (Fsp3) is 0.316. The van der Waals surface area contributed by atoms with Gasteiger partial charge in [0.05, 0.1) is 5.69 Å². The van der Waals surface area contributed by atoms with Crippen LogP contribution in [0.5, 0.6) is 0 Å². The predicted molar refractivity (Wildman–Crippen MR) is 91.6 cm³/mol. The summed E-state index contributed by atoms with van der Waals surface area (Å²) in [4.78, 5) is 0. The maximum atomic E-state index is 4.28. The molecule has 1 radical (unpaired) electrons. The van der Waals surface area contributed by atoms with E-state index in [9.17, 15) is 0 Å². The van der Waals surface area contributed by atoms with Crippen LogP contribution >= 0.6 is 0 Å². The van der Waals surface area contributed by atoms with Crippen LogP contribution in [0, 0.1) is 6.07 Å². The van der Waals surface area contributed by atoms with Gasteiger partial charge in [-0.15, -0.1) is 35.9 Å². The molecule has 5 heteroatoms. The number of para-hydroxylation sites is 1. The van der Waals surface area contributed by atoms with Gasteiger partial charge in [0.25, 0.3) is 0 Å². The van der Waals surface area contributed by atoms with E-state index in [2.05, 4.69) is 67.5 Å². The molecule has 0 spiro atoms. The third-order valence-corrected chi connectivity index (χ3v) is 3.97. The molecule has 0 atom stereocenters. The monoisotopic (exact) mass is 498 g/mol. The molecule has 0 aliphatic rings. The van der Waals surface area contributed by atoms with E-state index >= 15 is 0 Å². The van der Waals surface area contributed by atoms with Crippen molar-refractivity contribution in [2.75, 3.05) is 0 Å². The van der Waals surface area contributed by atoms with Crippen molar-refractivity contribution in [3.8, 4) is 17.1 Å². The number of nitrogens with zero attached hydrogens (tertiary/aromatic N) is 4. The molecule has 0 unspecified atom stereocenters. The van der Waals surface area contributed by atoms with Crippen molar-refractivity contribution in [3.05, 3.63) is 59.7 Å². The topological polar surface area (TPSA) is 43.6 Å². The van der Waals surface area contributed by atoms with Crippen LogP contribution in [-0.4, -0.2) is 20.2 Å². The summed E-state index contributed by atoms with van der Waals surface area (Å²) < 4.78 is 1.86. The molecule has 3 aromatic rings. The van der Waals surface area contributed by atoms with Gasteiger partial charge in [0, 0.05) is 20.1 Å². The van der Waals surface area contributed by atoms with Crippen molar-refractivity contribution in [1.29, 1.82) is 0 Å². The third kappa shape index (κ3) is 3.47. The summed E-state index contributed by atoms with van der Waals surface area (Å²) in [5.41, 5.74) is 4.49. The van der Waals surface area contributed by atoms with Gasteiger partial charge in [0.15, 0.2) is 0 Å². The van der Waals surface area contributed by atoms with Crippen molar-refractivity contribution < 1.29 is 20.1 Å². The number of tetrazole rings is 1. The van der Waals surface area contributed by atoms with Gasteiger partial charge in [-0.25, -0.2) is 4.68 Å². The van der Waals surface area contributed by atoms with Crippen LogP contribution in [0.15, 0.2) is 42.5 Å². The molecule has 24 heavy (non-hydrogen) atoms. The Balaban J connectivity index is 0.00000208. The standard InChI is InChI=1S/C19H21N4.Ir/c1-13(2)16-11-8-12-17(14(3)4)18(16)23-19(20-21-22-23)15-9-6-5-7-10-15;/h5-9,11-14H,1-4H3;/q-1;. The van der Waals surface area contributed by atoms with Crippen LogP contribution < -0.4 is 0 Å². The molecular weight excluding hydrogens is 476 g/mol. The van der Waals surface area contributed by atoms with Crippen LogP contribution in [0.1, 0.15) is 50.7 Å². The molecule has 3 rings (SSSR count).